The quantitative estimate of drug-likeness (QED) is 0.189. The third-order valence-electron chi connectivity index (χ3n) is 10.9. The Morgan fingerprint density at radius 2 is 1.98 bits per heavy atom. The van der Waals surface area contributed by atoms with Crippen LogP contribution in [-0.4, -0.2) is 92.4 Å². The number of rotatable bonds is 15. The summed E-state index contributed by atoms with van der Waals surface area (Å²) >= 11 is 6.45. The van der Waals surface area contributed by atoms with Crippen LogP contribution in [0.15, 0.2) is 48.6 Å². The van der Waals surface area contributed by atoms with Gasteiger partial charge in [-0.15, -0.1) is 0 Å². The minimum Gasteiger partial charge on any atom is -0.491 e. The molecule has 10 heteroatoms. The Morgan fingerprint density at radius 3 is 2.66 bits per heavy atom. The normalized spacial score (nSPS) is 23.4. The zero-order chi connectivity index (χ0) is 35.8. The third-order valence-corrected chi connectivity index (χ3v) is 11.1. The predicted octanol–water partition coefficient (Wildman–Crippen LogP) is 7.90. The van der Waals surface area contributed by atoms with Crippen molar-refractivity contribution >= 4 is 23.2 Å². The number of halogens is 3. The highest BCUT2D eigenvalue weighted by molar-refractivity contribution is 6.30. The molecule has 3 aliphatic rings. The van der Waals surface area contributed by atoms with Crippen molar-refractivity contribution in [1.82, 2.24) is 9.80 Å². The van der Waals surface area contributed by atoms with Crippen molar-refractivity contribution in [2.45, 2.75) is 89.8 Å². The molecule has 0 bridgehead atoms. The molecule has 0 radical (unpaired) electrons. The molecule has 1 saturated carbocycles. The molecular formula is C40H56ClF2N3O4. The van der Waals surface area contributed by atoms with Crippen LogP contribution in [0.25, 0.3) is 0 Å². The van der Waals surface area contributed by atoms with E-state index in [0.717, 1.165) is 67.2 Å². The minimum atomic E-state index is -2.56. The van der Waals surface area contributed by atoms with Gasteiger partial charge in [0.15, 0.2) is 0 Å². The maximum absolute atomic E-state index is 13.8. The number of carbonyl (C=O) groups excluding carboxylic acids is 1. The number of benzene rings is 2. The summed E-state index contributed by atoms with van der Waals surface area (Å²) in [5.74, 6) is -0.909. The van der Waals surface area contributed by atoms with Gasteiger partial charge in [-0.05, 0) is 85.4 Å². The number of carbonyl (C=O) groups is 1. The maximum atomic E-state index is 13.8. The van der Waals surface area contributed by atoms with E-state index in [1.807, 2.05) is 25.2 Å². The van der Waals surface area contributed by atoms with Crippen molar-refractivity contribution in [2.24, 2.45) is 11.8 Å². The van der Waals surface area contributed by atoms with Crippen LogP contribution in [0.3, 0.4) is 0 Å². The van der Waals surface area contributed by atoms with Crippen LogP contribution in [-0.2, 0) is 16.0 Å². The van der Waals surface area contributed by atoms with Gasteiger partial charge in [-0.1, -0.05) is 49.2 Å². The highest BCUT2D eigenvalue weighted by Crippen LogP contribution is 2.43. The number of aryl methyl sites for hydroxylation is 1. The molecule has 50 heavy (non-hydrogen) atoms. The summed E-state index contributed by atoms with van der Waals surface area (Å²) in [5, 5.41) is 11.2. The van der Waals surface area contributed by atoms with E-state index in [1.165, 1.54) is 11.1 Å². The monoisotopic (exact) mass is 715 g/mol. The van der Waals surface area contributed by atoms with Gasteiger partial charge in [0, 0.05) is 77.0 Å². The average molecular weight is 716 g/mol. The van der Waals surface area contributed by atoms with Gasteiger partial charge in [0.25, 0.3) is 5.92 Å². The molecule has 7 nitrogen and oxygen atoms in total. The smallest absolute Gasteiger partial charge is 0.250 e. The Morgan fingerprint density at radius 1 is 1.20 bits per heavy atom. The lowest BCUT2D eigenvalue weighted by atomic mass is 9.70. The van der Waals surface area contributed by atoms with E-state index in [-0.39, 0.29) is 30.8 Å². The summed E-state index contributed by atoms with van der Waals surface area (Å²) < 4.78 is 40.6. The topological polar surface area (TPSA) is 65.5 Å². The fraction of sp³-hybridized carbons (Fsp3) is 0.625. The van der Waals surface area contributed by atoms with Crippen molar-refractivity contribution < 1.29 is 28.2 Å². The van der Waals surface area contributed by atoms with Crippen LogP contribution >= 0.6 is 11.6 Å². The number of alkyl halides is 2. The third kappa shape index (κ3) is 10.2. The van der Waals surface area contributed by atoms with Crippen molar-refractivity contribution in [3.8, 4) is 5.75 Å². The van der Waals surface area contributed by atoms with E-state index >= 15 is 0 Å². The number of fused-ring (bicyclic) bond motifs is 1. The van der Waals surface area contributed by atoms with E-state index in [1.54, 1.807) is 18.7 Å². The number of ether oxygens (including phenoxy) is 2. The molecule has 1 N–H and O–H groups in total. The number of amides is 1. The standard InChI is InChI=1S/C40H56ClF2N3O4/c1-5-8-31-23-34(41)12-14-35(31)33-26-46(37-24-30(28(2)47)11-15-39(37)50-27-33)25-32-10-13-36(32)38(9-6-7-18-44(4)29(3)48)49-22-21-45-19-16-40(42,43)17-20-45/h6,9,11-12,14-15,23-24,28,32-33,36,38,47H,5,7-8,10,13,16-22,25-27H2,1-4H3/b9-6+. The first-order valence-electron chi connectivity index (χ1n) is 18.5. The Bertz CT molecular complexity index is 1450. The lowest BCUT2D eigenvalue weighted by Gasteiger charge is -2.44. The Kier molecular flexibility index (Phi) is 13.6. The van der Waals surface area contributed by atoms with E-state index in [9.17, 15) is 18.7 Å². The first-order valence-corrected chi connectivity index (χ1v) is 18.9. The number of hydrogen-bond acceptors (Lipinski definition) is 6. The van der Waals surface area contributed by atoms with Crippen LogP contribution < -0.4 is 9.64 Å². The predicted molar refractivity (Wildman–Crippen MR) is 197 cm³/mol. The second-order valence-electron chi connectivity index (χ2n) is 14.6. The number of aliphatic hydroxyl groups is 1. The number of anilines is 1. The molecule has 1 aliphatic carbocycles. The molecule has 5 unspecified atom stereocenters. The fourth-order valence-corrected chi connectivity index (χ4v) is 7.72. The van der Waals surface area contributed by atoms with E-state index in [2.05, 4.69) is 47.1 Å². The number of piperidine rings is 1. The Hall–Kier alpha value is -2.72. The molecule has 0 aromatic heterocycles. The molecule has 1 amide bonds. The second kappa shape index (κ2) is 17.7. The van der Waals surface area contributed by atoms with Crippen LogP contribution in [0, 0.1) is 11.8 Å². The Labute approximate surface area is 302 Å². The molecule has 0 spiro atoms. The van der Waals surface area contributed by atoms with Crippen LogP contribution in [0.2, 0.25) is 5.02 Å². The van der Waals surface area contributed by atoms with Crippen molar-refractivity contribution in [3.63, 3.8) is 0 Å². The van der Waals surface area contributed by atoms with Crippen molar-refractivity contribution in [2.75, 3.05) is 64.4 Å². The van der Waals surface area contributed by atoms with Gasteiger partial charge < -0.3 is 29.3 Å². The summed E-state index contributed by atoms with van der Waals surface area (Å²) in [5.41, 5.74) is 4.39. The van der Waals surface area contributed by atoms with Crippen molar-refractivity contribution in [3.05, 3.63) is 70.3 Å². The number of aliphatic hydroxyl groups excluding tert-OH is 1. The highest BCUT2D eigenvalue weighted by Gasteiger charge is 2.39. The molecule has 2 heterocycles. The molecule has 2 aromatic carbocycles. The molecule has 2 aliphatic heterocycles. The molecule has 2 aromatic rings. The van der Waals surface area contributed by atoms with Gasteiger partial charge >= 0.3 is 0 Å². The van der Waals surface area contributed by atoms with Crippen LogP contribution in [0.1, 0.15) is 88.0 Å². The molecule has 5 rings (SSSR count). The summed E-state index contributed by atoms with van der Waals surface area (Å²) in [6.45, 7) is 10.2. The first-order chi connectivity index (χ1) is 23.9. The first kappa shape index (κ1) is 38.5. The van der Waals surface area contributed by atoms with Crippen LogP contribution in [0.5, 0.6) is 5.75 Å². The summed E-state index contributed by atoms with van der Waals surface area (Å²) in [6, 6.07) is 12.2. The highest BCUT2D eigenvalue weighted by atomic mass is 35.5. The van der Waals surface area contributed by atoms with Gasteiger partial charge in [0.1, 0.15) is 5.75 Å². The van der Waals surface area contributed by atoms with Crippen LogP contribution in [0.4, 0.5) is 14.5 Å². The minimum absolute atomic E-state index is 0.0385. The zero-order valence-electron chi connectivity index (χ0n) is 30.3. The SMILES string of the molecule is CCCc1cc(Cl)ccc1C1COc2ccc(C(C)O)cc2N(CC2CCC2C(/C=C/CCN(C)C(C)=O)OCCN2CCC(F)(F)CC2)C1. The number of nitrogens with zero attached hydrogens (tertiary/aromatic N) is 3. The maximum Gasteiger partial charge on any atom is 0.250 e. The summed E-state index contributed by atoms with van der Waals surface area (Å²) in [6.07, 6.45) is 8.19. The largest absolute Gasteiger partial charge is 0.491 e. The van der Waals surface area contributed by atoms with E-state index in [4.69, 9.17) is 21.1 Å². The van der Waals surface area contributed by atoms with E-state index < -0.39 is 12.0 Å². The summed E-state index contributed by atoms with van der Waals surface area (Å²) in [4.78, 5) is 18.0. The molecule has 276 valence electrons. The molecule has 5 atom stereocenters. The second-order valence-corrected chi connectivity index (χ2v) is 15.0. The van der Waals surface area contributed by atoms with Gasteiger partial charge in [0.2, 0.25) is 5.91 Å². The van der Waals surface area contributed by atoms with Gasteiger partial charge in [0.05, 0.1) is 31.1 Å². The van der Waals surface area contributed by atoms with Gasteiger partial charge in [-0.25, -0.2) is 8.78 Å². The molecular weight excluding hydrogens is 660 g/mol. The number of hydrogen-bond donors (Lipinski definition) is 1. The van der Waals surface area contributed by atoms with Gasteiger partial charge in [-0.3, -0.25) is 4.79 Å². The van der Waals surface area contributed by atoms with Crippen molar-refractivity contribution in [1.29, 1.82) is 0 Å². The van der Waals surface area contributed by atoms with E-state index in [0.29, 0.717) is 51.2 Å². The lowest BCUT2D eigenvalue weighted by molar-refractivity contribution is -0.127. The fourth-order valence-electron chi connectivity index (χ4n) is 7.53. The molecule has 1 saturated heterocycles. The molecule has 2 fully saturated rings. The van der Waals surface area contributed by atoms with Gasteiger partial charge in [-0.2, -0.15) is 0 Å². The lowest BCUT2D eigenvalue weighted by Crippen LogP contribution is -2.45. The summed E-state index contributed by atoms with van der Waals surface area (Å²) in [7, 11) is 1.81. The zero-order valence-corrected chi connectivity index (χ0v) is 31.0. The number of likely N-dealkylation sites (tertiary alicyclic amines) is 1. The Balaban J connectivity index is 1.35. The average Bonchev–Trinajstić information content (AvgIpc) is 3.24.